The number of hydrogen-bond acceptors (Lipinski definition) is 3. The van der Waals surface area contributed by atoms with Crippen LogP contribution in [-0.2, 0) is 17.6 Å². The van der Waals surface area contributed by atoms with Gasteiger partial charge in [0.1, 0.15) is 5.75 Å². The maximum absolute atomic E-state index is 12.8. The van der Waals surface area contributed by atoms with E-state index < -0.39 is 0 Å². The van der Waals surface area contributed by atoms with Crippen molar-refractivity contribution < 1.29 is 14.3 Å². The highest BCUT2D eigenvalue weighted by atomic mass is 16.5. The standard InChI is InChI=1S/C22H21N3O3/c1-25-19-11-14(7-9-20(19)28-12-21(25)26)23-22(27)13-6-8-18-16(10-13)15-4-2-3-5-17(15)24-18/h6-11,24H,2-5,12H2,1H3,(H,23,27). The van der Waals surface area contributed by atoms with Gasteiger partial charge in [-0.2, -0.15) is 0 Å². The Morgan fingerprint density at radius 2 is 2.00 bits per heavy atom. The minimum absolute atomic E-state index is 0.0379. The van der Waals surface area contributed by atoms with Gasteiger partial charge in [0.05, 0.1) is 5.69 Å². The fraction of sp³-hybridized carbons (Fsp3) is 0.273. The number of carbonyl (C=O) groups excluding carboxylic acids is 2. The lowest BCUT2D eigenvalue weighted by atomic mass is 9.95. The number of fused-ring (bicyclic) bond motifs is 4. The molecule has 5 rings (SSSR count). The second kappa shape index (κ2) is 6.41. The fourth-order valence-electron chi connectivity index (χ4n) is 4.10. The summed E-state index contributed by atoms with van der Waals surface area (Å²) in [5.74, 6) is 0.359. The summed E-state index contributed by atoms with van der Waals surface area (Å²) in [4.78, 5) is 29.7. The zero-order valence-corrected chi connectivity index (χ0v) is 15.7. The average Bonchev–Trinajstić information content (AvgIpc) is 3.09. The van der Waals surface area contributed by atoms with Crippen LogP contribution in [-0.4, -0.2) is 30.5 Å². The third-order valence-corrected chi connectivity index (χ3v) is 5.66. The predicted molar refractivity (Wildman–Crippen MR) is 108 cm³/mol. The minimum atomic E-state index is -0.168. The molecular formula is C22H21N3O3. The van der Waals surface area contributed by atoms with Gasteiger partial charge in [0.25, 0.3) is 11.8 Å². The zero-order valence-electron chi connectivity index (χ0n) is 15.7. The summed E-state index contributed by atoms with van der Waals surface area (Å²) in [5, 5.41) is 4.08. The smallest absolute Gasteiger partial charge is 0.264 e. The van der Waals surface area contributed by atoms with E-state index in [1.165, 1.54) is 24.1 Å². The van der Waals surface area contributed by atoms with Crippen LogP contribution in [0.3, 0.4) is 0 Å². The number of amides is 2. The first-order chi connectivity index (χ1) is 13.6. The summed E-state index contributed by atoms with van der Waals surface area (Å²) in [5.41, 5.74) is 5.66. The van der Waals surface area contributed by atoms with E-state index in [0.29, 0.717) is 22.7 Å². The number of nitrogens with one attached hydrogen (secondary N) is 2. The maximum atomic E-state index is 12.8. The van der Waals surface area contributed by atoms with Gasteiger partial charge in [-0.05, 0) is 67.6 Å². The van der Waals surface area contributed by atoms with E-state index in [2.05, 4.69) is 10.3 Å². The van der Waals surface area contributed by atoms with Crippen molar-refractivity contribution >= 4 is 34.1 Å². The van der Waals surface area contributed by atoms with Crippen LogP contribution in [0.5, 0.6) is 5.75 Å². The second-order valence-corrected chi connectivity index (χ2v) is 7.43. The summed E-state index contributed by atoms with van der Waals surface area (Å²) >= 11 is 0. The summed E-state index contributed by atoms with van der Waals surface area (Å²) in [6, 6.07) is 11.1. The molecule has 2 N–H and O–H groups in total. The van der Waals surface area contributed by atoms with Gasteiger partial charge >= 0.3 is 0 Å². The molecule has 0 saturated carbocycles. The van der Waals surface area contributed by atoms with E-state index in [1.54, 1.807) is 30.1 Å². The number of aryl methyl sites for hydroxylation is 2. The molecule has 0 fully saturated rings. The van der Waals surface area contributed by atoms with Crippen molar-refractivity contribution in [3.63, 3.8) is 0 Å². The van der Waals surface area contributed by atoms with E-state index in [-0.39, 0.29) is 18.4 Å². The second-order valence-electron chi connectivity index (χ2n) is 7.43. The van der Waals surface area contributed by atoms with Crippen molar-refractivity contribution in [2.75, 3.05) is 23.9 Å². The van der Waals surface area contributed by atoms with Crippen LogP contribution >= 0.6 is 0 Å². The van der Waals surface area contributed by atoms with E-state index in [0.717, 1.165) is 23.7 Å². The summed E-state index contributed by atoms with van der Waals surface area (Å²) in [6.45, 7) is 0.0379. The predicted octanol–water partition coefficient (Wildman–Crippen LogP) is 3.65. The normalized spacial score (nSPS) is 15.8. The quantitative estimate of drug-likeness (QED) is 0.718. The number of ether oxygens (including phenoxy) is 1. The Bertz CT molecular complexity index is 1120. The highest BCUT2D eigenvalue weighted by Crippen LogP contribution is 2.34. The van der Waals surface area contributed by atoms with Gasteiger partial charge in [0.2, 0.25) is 0 Å². The van der Waals surface area contributed by atoms with Gasteiger partial charge in [-0.25, -0.2) is 0 Å². The van der Waals surface area contributed by atoms with Crippen LogP contribution in [0, 0.1) is 0 Å². The number of benzene rings is 2. The molecule has 3 aromatic rings. The Hall–Kier alpha value is -3.28. The largest absolute Gasteiger partial charge is 0.482 e. The van der Waals surface area contributed by atoms with Crippen molar-refractivity contribution in [1.82, 2.24) is 4.98 Å². The van der Waals surface area contributed by atoms with Crippen LogP contribution in [0.2, 0.25) is 0 Å². The van der Waals surface area contributed by atoms with Crippen LogP contribution < -0.4 is 15.0 Å². The first kappa shape index (κ1) is 16.9. The topological polar surface area (TPSA) is 74.4 Å². The molecule has 0 bridgehead atoms. The molecule has 6 heteroatoms. The maximum Gasteiger partial charge on any atom is 0.264 e. The lowest BCUT2D eigenvalue weighted by Gasteiger charge is -2.26. The Morgan fingerprint density at radius 1 is 1.14 bits per heavy atom. The number of hydrogen-bond donors (Lipinski definition) is 2. The molecule has 6 nitrogen and oxygen atoms in total. The number of nitrogens with zero attached hydrogens (tertiary/aromatic N) is 1. The van der Waals surface area contributed by atoms with Gasteiger partial charge in [-0.15, -0.1) is 0 Å². The van der Waals surface area contributed by atoms with Gasteiger partial charge in [0, 0.05) is 34.9 Å². The summed E-state index contributed by atoms with van der Waals surface area (Å²) < 4.78 is 5.44. The van der Waals surface area contributed by atoms with Crippen molar-refractivity contribution in [1.29, 1.82) is 0 Å². The van der Waals surface area contributed by atoms with E-state index >= 15 is 0 Å². The molecule has 0 radical (unpaired) electrons. The summed E-state index contributed by atoms with van der Waals surface area (Å²) in [6.07, 6.45) is 4.55. The van der Waals surface area contributed by atoms with Crippen molar-refractivity contribution in [3.8, 4) is 5.75 Å². The van der Waals surface area contributed by atoms with Crippen molar-refractivity contribution in [2.24, 2.45) is 0 Å². The number of H-pyrrole nitrogens is 1. The molecule has 1 aliphatic heterocycles. The number of likely N-dealkylation sites (N-methyl/N-ethyl adjacent to an activating group) is 1. The SMILES string of the molecule is CN1C(=O)COc2ccc(NC(=O)c3ccc4[nH]c5c(c4c3)CCCC5)cc21. The van der Waals surface area contributed by atoms with Crippen LogP contribution in [0.1, 0.15) is 34.5 Å². The molecular weight excluding hydrogens is 354 g/mol. The first-order valence-corrected chi connectivity index (χ1v) is 9.58. The van der Waals surface area contributed by atoms with Gasteiger partial charge in [0.15, 0.2) is 6.61 Å². The molecule has 142 valence electrons. The van der Waals surface area contributed by atoms with Gasteiger partial charge in [-0.3, -0.25) is 9.59 Å². The van der Waals surface area contributed by atoms with E-state index in [1.807, 2.05) is 18.2 Å². The minimum Gasteiger partial charge on any atom is -0.482 e. The van der Waals surface area contributed by atoms with Crippen molar-refractivity contribution in [2.45, 2.75) is 25.7 Å². The third kappa shape index (κ3) is 2.72. The monoisotopic (exact) mass is 375 g/mol. The molecule has 0 atom stereocenters. The first-order valence-electron chi connectivity index (χ1n) is 9.58. The molecule has 28 heavy (non-hydrogen) atoms. The fourth-order valence-corrected chi connectivity index (χ4v) is 4.10. The number of rotatable bonds is 2. The molecule has 0 saturated heterocycles. The molecule has 1 aromatic heterocycles. The van der Waals surface area contributed by atoms with Crippen molar-refractivity contribution in [3.05, 3.63) is 53.2 Å². The van der Waals surface area contributed by atoms with Gasteiger partial charge in [-0.1, -0.05) is 0 Å². The van der Waals surface area contributed by atoms with Crippen LogP contribution in [0.15, 0.2) is 36.4 Å². The lowest BCUT2D eigenvalue weighted by Crippen LogP contribution is -2.35. The molecule has 2 amide bonds. The van der Waals surface area contributed by atoms with Crippen LogP contribution in [0.4, 0.5) is 11.4 Å². The van der Waals surface area contributed by atoms with E-state index in [9.17, 15) is 9.59 Å². The number of carbonyl (C=O) groups is 2. The molecule has 2 aromatic carbocycles. The molecule has 2 aliphatic rings. The Labute approximate surface area is 162 Å². The number of anilines is 2. The Morgan fingerprint density at radius 3 is 2.89 bits per heavy atom. The number of aromatic amines is 1. The summed E-state index contributed by atoms with van der Waals surface area (Å²) in [7, 11) is 1.71. The third-order valence-electron chi connectivity index (χ3n) is 5.66. The lowest BCUT2D eigenvalue weighted by molar-refractivity contribution is -0.120. The molecule has 1 aliphatic carbocycles. The highest BCUT2D eigenvalue weighted by Gasteiger charge is 2.23. The molecule has 0 unspecified atom stereocenters. The zero-order chi connectivity index (χ0) is 19.3. The highest BCUT2D eigenvalue weighted by molar-refractivity contribution is 6.07. The van der Waals surface area contributed by atoms with Gasteiger partial charge < -0.3 is 19.9 Å². The van der Waals surface area contributed by atoms with E-state index in [4.69, 9.17) is 4.74 Å². The average molecular weight is 375 g/mol. The van der Waals surface area contributed by atoms with Crippen LogP contribution in [0.25, 0.3) is 10.9 Å². The number of aromatic nitrogens is 1. The Kier molecular flexibility index (Phi) is 3.86. The molecule has 2 heterocycles. The Balaban J connectivity index is 1.43. The molecule has 0 spiro atoms.